The van der Waals surface area contributed by atoms with E-state index in [1.165, 1.54) is 19.3 Å². The van der Waals surface area contributed by atoms with Gasteiger partial charge in [0.05, 0.1) is 0 Å². The molecule has 76 valence electrons. The van der Waals surface area contributed by atoms with Gasteiger partial charge in [-0.05, 0) is 18.3 Å². The lowest BCUT2D eigenvalue weighted by atomic mass is 9.73. The molecular weight excluding hydrogens is 160 g/mol. The van der Waals surface area contributed by atoms with Crippen molar-refractivity contribution in [2.45, 2.75) is 52.9 Å². The highest BCUT2D eigenvalue weighted by atomic mass is 16.1. The first-order chi connectivity index (χ1) is 6.11. The van der Waals surface area contributed by atoms with Crippen LogP contribution in [-0.4, -0.2) is 5.78 Å². The number of Topliss-reactive ketones (excluding diaryl/α,β-unsaturated/α-hetero) is 1. The molecule has 0 heterocycles. The first-order valence-electron chi connectivity index (χ1n) is 5.64. The van der Waals surface area contributed by atoms with E-state index in [1.54, 1.807) is 0 Å². The van der Waals surface area contributed by atoms with Crippen molar-refractivity contribution in [1.82, 2.24) is 0 Å². The minimum absolute atomic E-state index is 0.423. The molecule has 0 aromatic carbocycles. The van der Waals surface area contributed by atoms with Gasteiger partial charge in [0.15, 0.2) is 0 Å². The maximum atomic E-state index is 11.2. The van der Waals surface area contributed by atoms with Crippen molar-refractivity contribution < 1.29 is 4.79 Å². The van der Waals surface area contributed by atoms with Crippen LogP contribution in [0.2, 0.25) is 0 Å². The van der Waals surface area contributed by atoms with Gasteiger partial charge < -0.3 is 0 Å². The summed E-state index contributed by atoms with van der Waals surface area (Å²) in [6.45, 7) is 6.76. The van der Waals surface area contributed by atoms with Crippen molar-refractivity contribution in [1.29, 1.82) is 0 Å². The largest absolute Gasteiger partial charge is 0.299 e. The Kier molecular flexibility index (Phi) is 3.95. The first kappa shape index (κ1) is 10.7. The number of rotatable bonds is 5. The van der Waals surface area contributed by atoms with Crippen LogP contribution in [0.1, 0.15) is 52.9 Å². The van der Waals surface area contributed by atoms with E-state index in [9.17, 15) is 4.79 Å². The zero-order valence-corrected chi connectivity index (χ0v) is 9.18. The summed E-state index contributed by atoms with van der Waals surface area (Å²) in [5.74, 6) is 2.38. The summed E-state index contributed by atoms with van der Waals surface area (Å²) in [4.78, 5) is 11.2. The lowest BCUT2D eigenvalue weighted by molar-refractivity contribution is -0.131. The Morgan fingerprint density at radius 1 is 1.31 bits per heavy atom. The quantitative estimate of drug-likeness (QED) is 0.636. The molecule has 0 aromatic heterocycles. The smallest absolute Gasteiger partial charge is 0.136 e. The van der Waals surface area contributed by atoms with Crippen molar-refractivity contribution in [3.63, 3.8) is 0 Å². The van der Waals surface area contributed by atoms with Crippen LogP contribution in [0, 0.1) is 17.8 Å². The highest BCUT2D eigenvalue weighted by molar-refractivity contribution is 5.86. The first-order valence-corrected chi connectivity index (χ1v) is 5.64. The Morgan fingerprint density at radius 2 is 2.00 bits per heavy atom. The second kappa shape index (κ2) is 4.78. The lowest BCUT2D eigenvalue weighted by Crippen LogP contribution is -2.31. The average Bonchev–Trinajstić information content (AvgIpc) is 2.01. The normalized spacial score (nSPS) is 24.6. The summed E-state index contributed by atoms with van der Waals surface area (Å²) in [5.41, 5.74) is 0. The Morgan fingerprint density at radius 3 is 2.38 bits per heavy atom. The van der Waals surface area contributed by atoms with Gasteiger partial charge in [0.1, 0.15) is 5.78 Å². The fourth-order valence-electron chi connectivity index (χ4n) is 2.08. The van der Waals surface area contributed by atoms with Gasteiger partial charge in [0, 0.05) is 12.3 Å². The second-order valence-electron chi connectivity index (χ2n) is 4.91. The zero-order chi connectivity index (χ0) is 9.84. The summed E-state index contributed by atoms with van der Waals surface area (Å²) in [6, 6.07) is 0. The summed E-state index contributed by atoms with van der Waals surface area (Å²) in [6.07, 6.45) is 5.85. The molecule has 0 bridgehead atoms. The molecular formula is C12H22O. The Bertz CT molecular complexity index is 172. The summed E-state index contributed by atoms with van der Waals surface area (Å²) < 4.78 is 0. The highest BCUT2D eigenvalue weighted by Gasteiger charge is 2.32. The number of hydrogen-bond acceptors (Lipinski definition) is 1. The van der Waals surface area contributed by atoms with Gasteiger partial charge in [0.25, 0.3) is 0 Å². The van der Waals surface area contributed by atoms with Crippen molar-refractivity contribution in [2.75, 3.05) is 0 Å². The van der Waals surface area contributed by atoms with Crippen LogP contribution in [0.25, 0.3) is 0 Å². The summed E-state index contributed by atoms with van der Waals surface area (Å²) in [5, 5.41) is 0. The van der Waals surface area contributed by atoms with Crippen molar-refractivity contribution >= 4 is 5.78 Å². The molecule has 0 N–H and O–H groups in total. The van der Waals surface area contributed by atoms with Crippen molar-refractivity contribution in [3.05, 3.63) is 0 Å². The zero-order valence-electron chi connectivity index (χ0n) is 9.18. The van der Waals surface area contributed by atoms with Crippen LogP contribution in [0.4, 0.5) is 0 Å². The summed E-state index contributed by atoms with van der Waals surface area (Å²) in [7, 11) is 0. The van der Waals surface area contributed by atoms with Gasteiger partial charge >= 0.3 is 0 Å². The molecule has 1 saturated carbocycles. The van der Waals surface area contributed by atoms with Crippen molar-refractivity contribution in [3.8, 4) is 0 Å². The van der Waals surface area contributed by atoms with Crippen LogP contribution >= 0.6 is 0 Å². The van der Waals surface area contributed by atoms with Gasteiger partial charge in [-0.3, -0.25) is 4.79 Å². The molecule has 0 saturated heterocycles. The summed E-state index contributed by atoms with van der Waals surface area (Å²) >= 11 is 0. The fourth-order valence-corrected chi connectivity index (χ4v) is 2.08. The van der Waals surface area contributed by atoms with Crippen LogP contribution in [0.3, 0.4) is 0 Å². The predicted molar refractivity (Wildman–Crippen MR) is 55.6 cm³/mol. The van der Waals surface area contributed by atoms with Gasteiger partial charge in [0.2, 0.25) is 0 Å². The third kappa shape index (κ3) is 3.13. The number of carbonyl (C=O) groups excluding carboxylic acids is 1. The van der Waals surface area contributed by atoms with Crippen LogP contribution < -0.4 is 0 Å². The van der Waals surface area contributed by atoms with Crippen LogP contribution in [0.15, 0.2) is 0 Å². The van der Waals surface area contributed by atoms with Gasteiger partial charge in [-0.1, -0.05) is 40.0 Å². The number of carbonyl (C=O) groups is 1. The maximum Gasteiger partial charge on any atom is 0.136 e. The Hall–Kier alpha value is -0.330. The molecule has 0 amide bonds. The fraction of sp³-hybridized carbons (Fsp3) is 0.917. The van der Waals surface area contributed by atoms with E-state index in [2.05, 4.69) is 20.8 Å². The van der Waals surface area contributed by atoms with E-state index in [-0.39, 0.29) is 0 Å². The lowest BCUT2D eigenvalue weighted by Gasteiger charge is -2.29. The molecule has 1 rings (SSSR count). The predicted octanol–water partition coefficient (Wildman–Crippen LogP) is 3.43. The van der Waals surface area contributed by atoms with Gasteiger partial charge in [-0.15, -0.1) is 0 Å². The van der Waals surface area contributed by atoms with Gasteiger partial charge in [-0.2, -0.15) is 0 Å². The second-order valence-corrected chi connectivity index (χ2v) is 4.91. The van der Waals surface area contributed by atoms with E-state index in [1.807, 2.05) is 0 Å². The maximum absolute atomic E-state index is 11.2. The highest BCUT2D eigenvalue weighted by Crippen LogP contribution is 2.32. The third-order valence-electron chi connectivity index (χ3n) is 3.24. The van der Waals surface area contributed by atoms with Crippen molar-refractivity contribution in [2.24, 2.45) is 17.8 Å². The number of hydrogen-bond donors (Lipinski definition) is 0. The average molecular weight is 182 g/mol. The van der Waals surface area contributed by atoms with Crippen LogP contribution in [0.5, 0.6) is 0 Å². The monoisotopic (exact) mass is 182 g/mol. The standard InChI is InChI=1S/C12H22O/c1-9(2)5-4-6-10(3)11-7-8-12(11)13/h9-11H,4-8H2,1-3H3. The van der Waals surface area contributed by atoms with E-state index < -0.39 is 0 Å². The topological polar surface area (TPSA) is 17.1 Å². The molecule has 0 aromatic rings. The third-order valence-corrected chi connectivity index (χ3v) is 3.24. The number of ketones is 1. The molecule has 2 unspecified atom stereocenters. The molecule has 0 aliphatic heterocycles. The molecule has 1 aliphatic carbocycles. The SMILES string of the molecule is CC(C)CCCC(C)C1CCC1=O. The van der Waals surface area contributed by atoms with Crippen LogP contribution in [-0.2, 0) is 4.79 Å². The molecule has 2 atom stereocenters. The molecule has 1 nitrogen and oxygen atoms in total. The van der Waals surface area contributed by atoms with E-state index in [0.29, 0.717) is 17.6 Å². The van der Waals surface area contributed by atoms with E-state index in [0.717, 1.165) is 18.8 Å². The Labute approximate surface area is 81.9 Å². The molecule has 13 heavy (non-hydrogen) atoms. The molecule has 1 fully saturated rings. The molecule has 0 spiro atoms. The molecule has 1 heteroatoms. The Balaban J connectivity index is 2.10. The minimum Gasteiger partial charge on any atom is -0.299 e. The molecule has 1 aliphatic rings. The van der Waals surface area contributed by atoms with Gasteiger partial charge in [-0.25, -0.2) is 0 Å². The van der Waals surface area contributed by atoms with E-state index >= 15 is 0 Å². The minimum atomic E-state index is 0.423. The van der Waals surface area contributed by atoms with E-state index in [4.69, 9.17) is 0 Å². The molecule has 0 radical (unpaired) electrons.